The lowest BCUT2D eigenvalue weighted by atomic mass is 9.84. The number of benzene rings is 2. The smallest absolute Gasteiger partial charge is 0.0240 e. The van der Waals surface area contributed by atoms with Crippen molar-refractivity contribution < 1.29 is 0 Å². The van der Waals surface area contributed by atoms with Gasteiger partial charge in [0, 0.05) is 13.1 Å². The summed E-state index contributed by atoms with van der Waals surface area (Å²) in [6, 6.07) is 9.01. The van der Waals surface area contributed by atoms with E-state index < -0.39 is 0 Å². The topological polar surface area (TPSA) is 3.24 Å². The summed E-state index contributed by atoms with van der Waals surface area (Å²) >= 11 is 0. The van der Waals surface area contributed by atoms with Gasteiger partial charge in [0.25, 0.3) is 0 Å². The van der Waals surface area contributed by atoms with Crippen LogP contribution in [0.15, 0.2) is 24.3 Å². The third kappa shape index (κ3) is 2.30. The normalized spacial score (nSPS) is 14.5. The number of hydrogen-bond acceptors (Lipinski definition) is 1. The van der Waals surface area contributed by atoms with Crippen molar-refractivity contribution in [2.45, 2.75) is 47.2 Å². The fourth-order valence-corrected chi connectivity index (χ4v) is 3.78. The molecule has 2 aromatic carbocycles. The van der Waals surface area contributed by atoms with Crippen LogP contribution >= 0.6 is 0 Å². The van der Waals surface area contributed by atoms with Crippen LogP contribution in [-0.4, -0.2) is 11.9 Å². The first-order chi connectivity index (χ1) is 10.0. The molecule has 0 saturated heterocycles. The number of nitrogens with zero attached hydrogens (tertiary/aromatic N) is 1. The largest absolute Gasteiger partial charge is 0.298 e. The molecule has 0 amide bonds. The van der Waals surface area contributed by atoms with Gasteiger partial charge < -0.3 is 0 Å². The average molecular weight is 279 g/mol. The predicted octanol–water partition coefficient (Wildman–Crippen LogP) is 4.79. The first-order valence-electron chi connectivity index (χ1n) is 7.92. The van der Waals surface area contributed by atoms with E-state index in [0.29, 0.717) is 0 Å². The third-order valence-electron chi connectivity index (χ3n) is 4.95. The van der Waals surface area contributed by atoms with Crippen LogP contribution in [-0.2, 0) is 19.5 Å². The molecule has 0 N–H and O–H groups in total. The Kier molecular flexibility index (Phi) is 3.62. The zero-order valence-corrected chi connectivity index (χ0v) is 13.9. The van der Waals surface area contributed by atoms with Crippen LogP contribution in [0.25, 0.3) is 11.1 Å². The Morgan fingerprint density at radius 1 is 0.905 bits per heavy atom. The molecule has 1 aliphatic rings. The lowest BCUT2D eigenvalue weighted by Crippen LogP contribution is -2.07. The van der Waals surface area contributed by atoms with Crippen LogP contribution in [0.3, 0.4) is 0 Å². The van der Waals surface area contributed by atoms with E-state index in [4.69, 9.17) is 0 Å². The molecule has 0 aliphatic carbocycles. The van der Waals surface area contributed by atoms with Crippen molar-refractivity contribution in [2.24, 2.45) is 0 Å². The minimum atomic E-state index is 1.09. The minimum absolute atomic E-state index is 1.09. The van der Waals surface area contributed by atoms with Gasteiger partial charge in [0.15, 0.2) is 0 Å². The van der Waals surface area contributed by atoms with E-state index in [0.717, 1.165) is 19.5 Å². The molecule has 3 rings (SSSR count). The third-order valence-corrected chi connectivity index (χ3v) is 4.95. The van der Waals surface area contributed by atoms with E-state index in [1.54, 1.807) is 11.1 Å². The van der Waals surface area contributed by atoms with E-state index in [2.05, 4.69) is 63.9 Å². The first-order valence-corrected chi connectivity index (χ1v) is 7.92. The van der Waals surface area contributed by atoms with Crippen LogP contribution in [0.1, 0.15) is 40.3 Å². The Bertz CT molecular complexity index is 680. The van der Waals surface area contributed by atoms with Gasteiger partial charge in [-0.05, 0) is 73.2 Å². The van der Waals surface area contributed by atoms with Crippen LogP contribution in [0, 0.1) is 20.8 Å². The van der Waals surface area contributed by atoms with Gasteiger partial charge in [-0.1, -0.05) is 36.8 Å². The van der Waals surface area contributed by atoms with Gasteiger partial charge in [0.05, 0.1) is 0 Å². The van der Waals surface area contributed by atoms with E-state index in [-0.39, 0.29) is 0 Å². The van der Waals surface area contributed by atoms with Gasteiger partial charge in [-0.25, -0.2) is 0 Å². The summed E-state index contributed by atoms with van der Waals surface area (Å²) in [6.45, 7) is 11.2. The van der Waals surface area contributed by atoms with Crippen molar-refractivity contribution in [3.63, 3.8) is 0 Å². The molecule has 0 saturated carbocycles. The molecule has 0 aromatic heterocycles. The molecule has 1 heterocycles. The molecule has 0 spiro atoms. The predicted molar refractivity (Wildman–Crippen MR) is 90.6 cm³/mol. The lowest BCUT2D eigenvalue weighted by molar-refractivity contribution is 0.352. The fraction of sp³-hybridized carbons (Fsp3) is 0.400. The number of aryl methyl sites for hydroxylation is 1. The highest BCUT2D eigenvalue weighted by molar-refractivity contribution is 5.75. The molecule has 0 radical (unpaired) electrons. The van der Waals surface area contributed by atoms with Crippen LogP contribution in [0.5, 0.6) is 0 Å². The molecule has 2 aromatic rings. The van der Waals surface area contributed by atoms with E-state index in [9.17, 15) is 0 Å². The average Bonchev–Trinajstić information content (AvgIpc) is 2.86. The molecule has 21 heavy (non-hydrogen) atoms. The quantitative estimate of drug-likeness (QED) is 0.764. The SMILES string of the molecule is CCc1c(C)c2c(c(C)c1-c1ccc(C)cc1)CN(C)C2. The van der Waals surface area contributed by atoms with Gasteiger partial charge >= 0.3 is 0 Å². The van der Waals surface area contributed by atoms with Crippen LogP contribution in [0.4, 0.5) is 0 Å². The van der Waals surface area contributed by atoms with Gasteiger partial charge in [-0.2, -0.15) is 0 Å². The molecule has 0 atom stereocenters. The van der Waals surface area contributed by atoms with Crippen molar-refractivity contribution >= 4 is 0 Å². The summed E-state index contributed by atoms with van der Waals surface area (Å²) < 4.78 is 0. The van der Waals surface area contributed by atoms with Gasteiger partial charge in [0.2, 0.25) is 0 Å². The lowest BCUT2D eigenvalue weighted by Gasteiger charge is -2.20. The monoisotopic (exact) mass is 279 g/mol. The Balaban J connectivity index is 2.28. The summed E-state index contributed by atoms with van der Waals surface area (Å²) in [5, 5.41) is 0. The second-order valence-corrected chi connectivity index (χ2v) is 6.45. The molecule has 0 bridgehead atoms. The minimum Gasteiger partial charge on any atom is -0.298 e. The first kappa shape index (κ1) is 14.3. The van der Waals surface area contributed by atoms with Crippen molar-refractivity contribution in [1.82, 2.24) is 4.90 Å². The van der Waals surface area contributed by atoms with Crippen molar-refractivity contribution in [3.05, 3.63) is 57.6 Å². The van der Waals surface area contributed by atoms with Gasteiger partial charge in [0.1, 0.15) is 0 Å². The highest BCUT2D eigenvalue weighted by Gasteiger charge is 2.24. The maximum absolute atomic E-state index is 2.42. The molecule has 1 heteroatoms. The molecule has 110 valence electrons. The molecule has 0 unspecified atom stereocenters. The number of rotatable bonds is 2. The Labute approximate surface area is 128 Å². The van der Waals surface area contributed by atoms with Gasteiger partial charge in [-0.3, -0.25) is 4.90 Å². The zero-order chi connectivity index (χ0) is 15.1. The molecule has 1 aliphatic heterocycles. The van der Waals surface area contributed by atoms with Crippen molar-refractivity contribution in [2.75, 3.05) is 7.05 Å². The number of fused-ring (bicyclic) bond motifs is 1. The Morgan fingerprint density at radius 3 is 2.05 bits per heavy atom. The molecule has 1 nitrogen and oxygen atoms in total. The fourth-order valence-electron chi connectivity index (χ4n) is 3.78. The summed E-state index contributed by atoms with van der Waals surface area (Å²) in [6.07, 6.45) is 1.10. The Morgan fingerprint density at radius 2 is 1.48 bits per heavy atom. The Hall–Kier alpha value is -1.60. The highest BCUT2D eigenvalue weighted by Crippen LogP contribution is 2.38. The highest BCUT2D eigenvalue weighted by atomic mass is 15.1. The summed E-state index contributed by atoms with van der Waals surface area (Å²) in [7, 11) is 2.22. The summed E-state index contributed by atoms with van der Waals surface area (Å²) in [4.78, 5) is 2.42. The zero-order valence-electron chi connectivity index (χ0n) is 13.9. The summed E-state index contributed by atoms with van der Waals surface area (Å²) in [5.41, 5.74) is 11.8. The molecular weight excluding hydrogens is 254 g/mol. The molecular formula is C20H25N. The number of hydrogen-bond donors (Lipinski definition) is 0. The van der Waals surface area contributed by atoms with Crippen molar-refractivity contribution in [3.8, 4) is 11.1 Å². The second-order valence-electron chi connectivity index (χ2n) is 6.45. The summed E-state index contributed by atoms with van der Waals surface area (Å²) in [5.74, 6) is 0. The van der Waals surface area contributed by atoms with Gasteiger partial charge in [-0.15, -0.1) is 0 Å². The van der Waals surface area contributed by atoms with Crippen molar-refractivity contribution in [1.29, 1.82) is 0 Å². The maximum Gasteiger partial charge on any atom is 0.0240 e. The molecule has 0 fully saturated rings. The van der Waals surface area contributed by atoms with Crippen LogP contribution < -0.4 is 0 Å². The van der Waals surface area contributed by atoms with E-state index in [1.807, 2.05) is 0 Å². The van der Waals surface area contributed by atoms with Crippen LogP contribution in [0.2, 0.25) is 0 Å². The van der Waals surface area contributed by atoms with E-state index >= 15 is 0 Å². The standard InChI is InChI=1S/C20H25N/c1-6-17-14(3)18-11-21(5)12-19(18)15(4)20(17)16-9-7-13(2)8-10-16/h7-10H,6,11-12H2,1-5H3. The second kappa shape index (κ2) is 5.31. The maximum atomic E-state index is 2.42. The van der Waals surface area contributed by atoms with E-state index in [1.165, 1.54) is 33.4 Å².